The molecule has 1 aromatic carbocycles. The molecule has 7 nitrogen and oxygen atoms in total. The second-order valence-electron chi connectivity index (χ2n) is 5.68. The summed E-state index contributed by atoms with van der Waals surface area (Å²) in [6.07, 6.45) is 1.63. The Bertz CT molecular complexity index is 716. The highest BCUT2D eigenvalue weighted by Gasteiger charge is 2.13. The zero-order valence-corrected chi connectivity index (χ0v) is 13.7. The maximum atomic E-state index is 12.0. The zero-order valence-electron chi connectivity index (χ0n) is 13.7. The molecule has 2 N–H and O–H groups in total. The number of hydrogen-bond donors (Lipinski definition) is 2. The van der Waals surface area contributed by atoms with Crippen molar-refractivity contribution in [3.05, 3.63) is 42.2 Å². The second-order valence-corrected chi connectivity index (χ2v) is 5.68. The number of carbonyl (C=O) groups excluding carboxylic acids is 1. The Labute approximate surface area is 140 Å². The number of likely N-dealkylation sites (N-methyl/N-ethyl adjacent to an activating group) is 1. The number of fused-ring (bicyclic) bond motifs is 1. The molecule has 1 aromatic heterocycles. The van der Waals surface area contributed by atoms with Crippen LogP contribution < -0.4 is 20.1 Å². The van der Waals surface area contributed by atoms with Crippen LogP contribution in [0.5, 0.6) is 11.5 Å². The number of aromatic nitrogens is 1. The number of amides is 1. The summed E-state index contributed by atoms with van der Waals surface area (Å²) in [4.78, 5) is 18.2. The molecule has 0 bridgehead atoms. The first kappa shape index (κ1) is 16.1. The van der Waals surface area contributed by atoms with Crippen LogP contribution in [0.15, 0.2) is 36.5 Å². The third kappa shape index (κ3) is 3.94. The topological polar surface area (TPSA) is 75.7 Å². The van der Waals surface area contributed by atoms with E-state index >= 15 is 0 Å². The van der Waals surface area contributed by atoms with Gasteiger partial charge in [0.05, 0.1) is 11.9 Å². The highest BCUT2D eigenvalue weighted by molar-refractivity contribution is 5.92. The van der Waals surface area contributed by atoms with Crippen molar-refractivity contribution in [1.82, 2.24) is 15.2 Å². The largest absolute Gasteiger partial charge is 0.454 e. The van der Waals surface area contributed by atoms with Crippen LogP contribution in [0, 0.1) is 0 Å². The van der Waals surface area contributed by atoms with Gasteiger partial charge in [-0.1, -0.05) is 0 Å². The van der Waals surface area contributed by atoms with Crippen LogP contribution in [0.3, 0.4) is 0 Å². The summed E-state index contributed by atoms with van der Waals surface area (Å²) in [5.74, 6) is 1.28. The summed E-state index contributed by atoms with van der Waals surface area (Å²) in [7, 11) is 3.92. The lowest BCUT2D eigenvalue weighted by molar-refractivity contribution is 0.0946. The Hall–Kier alpha value is -2.80. The van der Waals surface area contributed by atoms with Crippen molar-refractivity contribution in [1.29, 1.82) is 0 Å². The van der Waals surface area contributed by atoms with Crippen molar-refractivity contribution in [2.24, 2.45) is 0 Å². The van der Waals surface area contributed by atoms with Gasteiger partial charge in [-0.2, -0.15) is 0 Å². The van der Waals surface area contributed by atoms with E-state index in [1.165, 1.54) is 0 Å². The molecule has 7 heteroatoms. The van der Waals surface area contributed by atoms with Crippen molar-refractivity contribution in [2.45, 2.75) is 0 Å². The van der Waals surface area contributed by atoms with Gasteiger partial charge in [-0.15, -0.1) is 0 Å². The summed E-state index contributed by atoms with van der Waals surface area (Å²) in [5, 5.41) is 6.06. The molecule has 1 aliphatic heterocycles. The van der Waals surface area contributed by atoms with Gasteiger partial charge >= 0.3 is 0 Å². The maximum Gasteiger partial charge on any atom is 0.269 e. The van der Waals surface area contributed by atoms with E-state index in [4.69, 9.17) is 9.47 Å². The first-order chi connectivity index (χ1) is 11.6. The van der Waals surface area contributed by atoms with Gasteiger partial charge in [0.15, 0.2) is 11.5 Å². The summed E-state index contributed by atoms with van der Waals surface area (Å²) in [6, 6.07) is 9.13. The monoisotopic (exact) mass is 328 g/mol. The van der Waals surface area contributed by atoms with Gasteiger partial charge < -0.3 is 25.0 Å². The summed E-state index contributed by atoms with van der Waals surface area (Å²) >= 11 is 0. The Morgan fingerprint density at radius 2 is 1.96 bits per heavy atom. The molecule has 0 spiro atoms. The van der Waals surface area contributed by atoms with E-state index in [1.54, 1.807) is 12.3 Å². The molecule has 126 valence electrons. The summed E-state index contributed by atoms with van der Waals surface area (Å²) in [5.41, 5.74) is 2.05. The molecule has 0 aliphatic carbocycles. The molecule has 24 heavy (non-hydrogen) atoms. The number of pyridine rings is 1. The van der Waals surface area contributed by atoms with E-state index in [0.717, 1.165) is 23.7 Å². The number of ether oxygens (including phenoxy) is 2. The molecular formula is C17H20N4O3. The zero-order chi connectivity index (χ0) is 16.9. The molecule has 3 rings (SSSR count). The molecule has 0 saturated carbocycles. The highest BCUT2D eigenvalue weighted by atomic mass is 16.7. The van der Waals surface area contributed by atoms with Gasteiger partial charge in [0.1, 0.15) is 5.69 Å². The molecule has 2 heterocycles. The average Bonchev–Trinajstić information content (AvgIpc) is 3.03. The van der Waals surface area contributed by atoms with Crippen LogP contribution in [0.1, 0.15) is 10.5 Å². The Kier molecular flexibility index (Phi) is 4.81. The van der Waals surface area contributed by atoms with Crippen molar-refractivity contribution < 1.29 is 14.3 Å². The van der Waals surface area contributed by atoms with E-state index in [0.29, 0.717) is 18.0 Å². The minimum Gasteiger partial charge on any atom is -0.454 e. The number of benzene rings is 1. The van der Waals surface area contributed by atoms with Crippen molar-refractivity contribution in [3.63, 3.8) is 0 Å². The molecule has 0 radical (unpaired) electrons. The lowest BCUT2D eigenvalue weighted by atomic mass is 10.2. The molecule has 1 amide bonds. The second kappa shape index (κ2) is 7.18. The Morgan fingerprint density at radius 3 is 2.71 bits per heavy atom. The number of nitrogens with zero attached hydrogens (tertiary/aromatic N) is 2. The molecule has 2 aromatic rings. The summed E-state index contributed by atoms with van der Waals surface area (Å²) < 4.78 is 10.6. The van der Waals surface area contributed by atoms with Crippen LogP contribution in [-0.4, -0.2) is 49.8 Å². The number of rotatable bonds is 6. The first-order valence-corrected chi connectivity index (χ1v) is 7.67. The Balaban J connectivity index is 1.59. The van der Waals surface area contributed by atoms with Gasteiger partial charge in [-0.25, -0.2) is 4.98 Å². The minimum atomic E-state index is -0.175. The smallest absolute Gasteiger partial charge is 0.269 e. The fourth-order valence-electron chi connectivity index (χ4n) is 2.23. The average molecular weight is 328 g/mol. The molecule has 0 atom stereocenters. The van der Waals surface area contributed by atoms with Crippen LogP contribution >= 0.6 is 0 Å². The van der Waals surface area contributed by atoms with Crippen molar-refractivity contribution in [3.8, 4) is 11.5 Å². The van der Waals surface area contributed by atoms with E-state index < -0.39 is 0 Å². The third-order valence-corrected chi connectivity index (χ3v) is 3.50. The van der Waals surface area contributed by atoms with Crippen LogP contribution in [0.2, 0.25) is 0 Å². The van der Waals surface area contributed by atoms with Crippen molar-refractivity contribution >= 4 is 17.3 Å². The Morgan fingerprint density at radius 1 is 1.17 bits per heavy atom. The molecular weight excluding hydrogens is 308 g/mol. The molecule has 0 fully saturated rings. The fraction of sp³-hybridized carbons (Fsp3) is 0.294. The van der Waals surface area contributed by atoms with Gasteiger partial charge in [-0.3, -0.25) is 4.79 Å². The number of anilines is 2. The number of hydrogen-bond acceptors (Lipinski definition) is 6. The van der Waals surface area contributed by atoms with Gasteiger partial charge in [0.25, 0.3) is 5.91 Å². The van der Waals surface area contributed by atoms with Gasteiger partial charge in [0, 0.05) is 24.8 Å². The third-order valence-electron chi connectivity index (χ3n) is 3.50. The van der Waals surface area contributed by atoms with E-state index in [-0.39, 0.29) is 12.7 Å². The molecule has 1 aliphatic rings. The fourth-order valence-corrected chi connectivity index (χ4v) is 2.23. The van der Waals surface area contributed by atoms with Crippen molar-refractivity contribution in [2.75, 3.05) is 39.3 Å². The van der Waals surface area contributed by atoms with E-state index in [9.17, 15) is 4.79 Å². The summed E-state index contributed by atoms with van der Waals surface area (Å²) in [6.45, 7) is 1.62. The maximum absolute atomic E-state index is 12.0. The lowest BCUT2D eigenvalue weighted by Crippen LogP contribution is -2.31. The van der Waals surface area contributed by atoms with Gasteiger partial charge in [0.2, 0.25) is 6.79 Å². The van der Waals surface area contributed by atoms with E-state index in [1.807, 2.05) is 43.3 Å². The highest BCUT2D eigenvalue weighted by Crippen LogP contribution is 2.34. The normalized spacial score (nSPS) is 12.3. The number of carbonyl (C=O) groups is 1. The molecule has 0 saturated heterocycles. The minimum absolute atomic E-state index is 0.175. The standard InChI is InChI=1S/C17H20N4O3/c1-21(2)8-7-18-17(22)14-5-3-13(10-19-14)20-12-4-6-15-16(9-12)24-11-23-15/h3-6,9-10,20H,7-8,11H2,1-2H3,(H,18,22). The quantitative estimate of drug-likeness (QED) is 0.843. The van der Waals surface area contributed by atoms with E-state index in [2.05, 4.69) is 15.6 Å². The van der Waals surface area contributed by atoms with Crippen LogP contribution in [0.4, 0.5) is 11.4 Å². The first-order valence-electron chi connectivity index (χ1n) is 7.67. The predicted molar refractivity (Wildman–Crippen MR) is 91.0 cm³/mol. The van der Waals surface area contributed by atoms with Crippen LogP contribution in [0.25, 0.3) is 0 Å². The lowest BCUT2D eigenvalue weighted by Gasteiger charge is -2.10. The SMILES string of the molecule is CN(C)CCNC(=O)c1ccc(Nc2ccc3c(c2)OCO3)cn1. The number of nitrogens with one attached hydrogen (secondary N) is 2. The molecule has 0 unspecified atom stereocenters. The van der Waals surface area contributed by atoms with Crippen LogP contribution in [-0.2, 0) is 0 Å². The van der Waals surface area contributed by atoms with Gasteiger partial charge in [-0.05, 0) is 38.4 Å². The predicted octanol–water partition coefficient (Wildman–Crippen LogP) is 1.85.